The van der Waals surface area contributed by atoms with E-state index in [4.69, 9.17) is 4.74 Å². The highest BCUT2D eigenvalue weighted by molar-refractivity contribution is 5.21. The summed E-state index contributed by atoms with van der Waals surface area (Å²) in [7, 11) is 0. The minimum absolute atomic E-state index is 0.414. The fraction of sp³-hybridized carbons (Fsp3) is 0.308. The smallest absolute Gasteiger partial charge is 0.146 e. The molecule has 0 amide bonds. The number of aromatic nitrogens is 2. The molecule has 0 unspecified atom stereocenters. The topological polar surface area (TPSA) is 27.1 Å². The van der Waals surface area contributed by atoms with E-state index in [0.717, 1.165) is 11.6 Å². The first-order valence-corrected chi connectivity index (χ1v) is 5.47. The highest BCUT2D eigenvalue weighted by Crippen LogP contribution is 2.13. The quantitative estimate of drug-likeness (QED) is 0.785. The molecule has 3 nitrogen and oxygen atoms in total. The van der Waals surface area contributed by atoms with Gasteiger partial charge in [0.1, 0.15) is 18.2 Å². The molecule has 2 aromatic rings. The van der Waals surface area contributed by atoms with Crippen molar-refractivity contribution in [3.05, 3.63) is 48.5 Å². The molecule has 0 N–H and O–H groups in total. The molecule has 84 valence electrons. The van der Waals surface area contributed by atoms with Gasteiger partial charge in [0.15, 0.2) is 0 Å². The van der Waals surface area contributed by atoms with Gasteiger partial charge >= 0.3 is 0 Å². The monoisotopic (exact) mass is 216 g/mol. The highest BCUT2D eigenvalue weighted by atomic mass is 16.5. The third kappa shape index (κ3) is 2.42. The molecule has 1 heterocycles. The molecule has 0 bridgehead atoms. The summed E-state index contributed by atoms with van der Waals surface area (Å²) in [5, 5.41) is 0. The van der Waals surface area contributed by atoms with Crippen molar-refractivity contribution in [2.75, 3.05) is 0 Å². The summed E-state index contributed by atoms with van der Waals surface area (Å²) in [6, 6.07) is 10.2. The van der Waals surface area contributed by atoms with Crippen molar-refractivity contribution in [2.24, 2.45) is 0 Å². The van der Waals surface area contributed by atoms with Crippen LogP contribution < -0.4 is 4.74 Å². The SMILES string of the molecule is CC(C)n1ccnc1COc1ccccc1. The Morgan fingerprint density at radius 2 is 2.00 bits per heavy atom. The van der Waals surface area contributed by atoms with E-state index in [0.29, 0.717) is 12.6 Å². The largest absolute Gasteiger partial charge is 0.486 e. The van der Waals surface area contributed by atoms with Crippen molar-refractivity contribution in [1.82, 2.24) is 9.55 Å². The Labute approximate surface area is 95.7 Å². The van der Waals surface area contributed by atoms with Gasteiger partial charge in [-0.3, -0.25) is 0 Å². The fourth-order valence-electron chi connectivity index (χ4n) is 1.59. The number of hydrogen-bond acceptors (Lipinski definition) is 2. The third-order valence-electron chi connectivity index (χ3n) is 2.42. The number of imidazole rings is 1. The van der Waals surface area contributed by atoms with Crippen LogP contribution in [0, 0.1) is 0 Å². The van der Waals surface area contributed by atoms with Crippen LogP contribution in [0.5, 0.6) is 5.75 Å². The summed E-state index contributed by atoms with van der Waals surface area (Å²) < 4.78 is 7.77. The zero-order chi connectivity index (χ0) is 11.4. The normalized spacial score (nSPS) is 10.7. The van der Waals surface area contributed by atoms with E-state index in [9.17, 15) is 0 Å². The first kappa shape index (κ1) is 10.7. The third-order valence-corrected chi connectivity index (χ3v) is 2.42. The second-order valence-electron chi connectivity index (χ2n) is 3.95. The van der Waals surface area contributed by atoms with Gasteiger partial charge in [0.05, 0.1) is 0 Å². The van der Waals surface area contributed by atoms with E-state index in [1.165, 1.54) is 0 Å². The number of ether oxygens (including phenoxy) is 1. The molecule has 0 fully saturated rings. The van der Waals surface area contributed by atoms with Crippen molar-refractivity contribution < 1.29 is 4.74 Å². The maximum atomic E-state index is 5.66. The van der Waals surface area contributed by atoms with E-state index in [1.54, 1.807) is 0 Å². The Morgan fingerprint density at radius 3 is 2.69 bits per heavy atom. The van der Waals surface area contributed by atoms with Crippen LogP contribution in [0.4, 0.5) is 0 Å². The predicted molar refractivity (Wildman–Crippen MR) is 63.4 cm³/mol. The van der Waals surface area contributed by atoms with Crippen LogP contribution in [0.25, 0.3) is 0 Å². The van der Waals surface area contributed by atoms with Crippen molar-refractivity contribution in [3.8, 4) is 5.75 Å². The molecule has 0 aliphatic heterocycles. The summed E-state index contributed by atoms with van der Waals surface area (Å²) >= 11 is 0. The second kappa shape index (κ2) is 4.84. The van der Waals surface area contributed by atoms with Crippen LogP contribution in [0.3, 0.4) is 0 Å². The maximum absolute atomic E-state index is 5.66. The molecule has 0 radical (unpaired) electrons. The lowest BCUT2D eigenvalue weighted by Gasteiger charge is -2.12. The predicted octanol–water partition coefficient (Wildman–Crippen LogP) is 3.04. The van der Waals surface area contributed by atoms with Crippen LogP contribution in [-0.4, -0.2) is 9.55 Å². The summed E-state index contributed by atoms with van der Waals surface area (Å²) in [6.07, 6.45) is 3.79. The maximum Gasteiger partial charge on any atom is 0.146 e. The molecule has 0 spiro atoms. The molecule has 3 heteroatoms. The number of benzene rings is 1. The first-order chi connectivity index (χ1) is 7.77. The van der Waals surface area contributed by atoms with Crippen molar-refractivity contribution in [2.45, 2.75) is 26.5 Å². The molecule has 16 heavy (non-hydrogen) atoms. The minimum Gasteiger partial charge on any atom is -0.486 e. The van der Waals surface area contributed by atoms with Crippen LogP contribution in [0.1, 0.15) is 25.7 Å². The molecular weight excluding hydrogens is 200 g/mol. The van der Waals surface area contributed by atoms with Crippen molar-refractivity contribution in [3.63, 3.8) is 0 Å². The van der Waals surface area contributed by atoms with E-state index < -0.39 is 0 Å². The second-order valence-corrected chi connectivity index (χ2v) is 3.95. The van der Waals surface area contributed by atoms with E-state index in [2.05, 4.69) is 23.4 Å². The zero-order valence-electron chi connectivity index (χ0n) is 9.63. The number of rotatable bonds is 4. The lowest BCUT2D eigenvalue weighted by Crippen LogP contribution is -2.08. The average molecular weight is 216 g/mol. The Hall–Kier alpha value is -1.77. The number of nitrogens with zero attached hydrogens (tertiary/aromatic N) is 2. The van der Waals surface area contributed by atoms with Gasteiger partial charge in [0.25, 0.3) is 0 Å². The Morgan fingerprint density at radius 1 is 1.25 bits per heavy atom. The molecule has 0 atom stereocenters. The fourth-order valence-corrected chi connectivity index (χ4v) is 1.59. The van der Waals surface area contributed by atoms with Crippen LogP contribution in [0.15, 0.2) is 42.7 Å². The molecule has 0 aliphatic carbocycles. The lowest BCUT2D eigenvalue weighted by molar-refractivity contribution is 0.286. The van der Waals surface area contributed by atoms with Gasteiger partial charge in [-0.25, -0.2) is 4.98 Å². The summed E-state index contributed by atoms with van der Waals surface area (Å²) in [4.78, 5) is 4.29. The van der Waals surface area contributed by atoms with Gasteiger partial charge in [0, 0.05) is 18.4 Å². The number of hydrogen-bond donors (Lipinski definition) is 0. The number of para-hydroxylation sites is 1. The van der Waals surface area contributed by atoms with Gasteiger partial charge in [-0.15, -0.1) is 0 Å². The van der Waals surface area contributed by atoms with Crippen LogP contribution in [-0.2, 0) is 6.61 Å². The summed E-state index contributed by atoms with van der Waals surface area (Å²) in [5.74, 6) is 1.83. The average Bonchev–Trinajstić information content (AvgIpc) is 2.76. The standard InChI is InChI=1S/C13H16N2O/c1-11(2)15-9-8-14-13(15)10-16-12-6-4-3-5-7-12/h3-9,11H,10H2,1-2H3. The van der Waals surface area contributed by atoms with Crippen molar-refractivity contribution >= 4 is 0 Å². The Balaban J connectivity index is 2.02. The first-order valence-electron chi connectivity index (χ1n) is 5.47. The van der Waals surface area contributed by atoms with E-state index >= 15 is 0 Å². The van der Waals surface area contributed by atoms with Gasteiger partial charge in [-0.05, 0) is 26.0 Å². The summed E-state index contributed by atoms with van der Waals surface area (Å²) in [6.45, 7) is 4.77. The Bertz CT molecular complexity index is 434. The van der Waals surface area contributed by atoms with Gasteiger partial charge in [0.2, 0.25) is 0 Å². The molecule has 1 aromatic carbocycles. The lowest BCUT2D eigenvalue weighted by atomic mass is 10.3. The highest BCUT2D eigenvalue weighted by Gasteiger charge is 2.05. The van der Waals surface area contributed by atoms with Gasteiger partial charge < -0.3 is 9.30 Å². The van der Waals surface area contributed by atoms with Crippen LogP contribution in [0.2, 0.25) is 0 Å². The molecule has 0 saturated carbocycles. The van der Waals surface area contributed by atoms with E-state index in [-0.39, 0.29) is 0 Å². The van der Waals surface area contributed by atoms with E-state index in [1.807, 2.05) is 42.7 Å². The van der Waals surface area contributed by atoms with Gasteiger partial charge in [-0.1, -0.05) is 18.2 Å². The Kier molecular flexibility index (Phi) is 3.25. The zero-order valence-corrected chi connectivity index (χ0v) is 9.63. The molecule has 2 rings (SSSR count). The van der Waals surface area contributed by atoms with Gasteiger partial charge in [-0.2, -0.15) is 0 Å². The molecule has 0 saturated heterocycles. The molecule has 1 aromatic heterocycles. The molecule has 0 aliphatic rings. The van der Waals surface area contributed by atoms with Crippen molar-refractivity contribution in [1.29, 1.82) is 0 Å². The molecular formula is C13H16N2O. The summed E-state index contributed by atoms with van der Waals surface area (Å²) in [5.41, 5.74) is 0. The minimum atomic E-state index is 0.414. The van der Waals surface area contributed by atoms with Crippen LogP contribution >= 0.6 is 0 Å².